The van der Waals surface area contributed by atoms with Crippen LogP contribution in [0, 0.1) is 0 Å². The molecule has 0 fully saturated rings. The maximum Gasteiger partial charge on any atom is 0.303 e. The third-order valence-corrected chi connectivity index (χ3v) is 2.61. The Balaban J connectivity index is 2.13. The van der Waals surface area contributed by atoms with Crippen LogP contribution in [-0.2, 0) is 16.0 Å². The van der Waals surface area contributed by atoms with Crippen LogP contribution in [-0.4, -0.2) is 23.0 Å². The number of aliphatic carboxylic acids is 1. The standard InChI is InChI=1S/C13H19NO4/c1-10(7-8-11-4-3-9-18-11)14-12(15)5-2-6-13(16)17/h3-4,9-10H,2,5-8H2,1H3,(H,14,15)(H,16,17). The summed E-state index contributed by atoms with van der Waals surface area (Å²) < 4.78 is 5.20. The van der Waals surface area contributed by atoms with E-state index in [0.717, 1.165) is 18.6 Å². The Bertz CT molecular complexity index is 372. The van der Waals surface area contributed by atoms with Gasteiger partial charge in [0.05, 0.1) is 6.26 Å². The van der Waals surface area contributed by atoms with Crippen LogP contribution in [0.4, 0.5) is 0 Å². The minimum absolute atomic E-state index is 0.0359. The summed E-state index contributed by atoms with van der Waals surface area (Å²) in [6, 6.07) is 3.80. The van der Waals surface area contributed by atoms with Gasteiger partial charge in [-0.3, -0.25) is 9.59 Å². The Morgan fingerprint density at radius 2 is 2.22 bits per heavy atom. The molecule has 0 aliphatic carbocycles. The first-order valence-electron chi connectivity index (χ1n) is 6.11. The van der Waals surface area contributed by atoms with E-state index in [4.69, 9.17) is 9.52 Å². The van der Waals surface area contributed by atoms with Gasteiger partial charge in [0.1, 0.15) is 5.76 Å². The minimum Gasteiger partial charge on any atom is -0.481 e. The second-order valence-electron chi connectivity index (χ2n) is 4.33. The SMILES string of the molecule is CC(CCc1ccco1)NC(=O)CCCC(=O)O. The quantitative estimate of drug-likeness (QED) is 0.742. The molecule has 1 aromatic heterocycles. The van der Waals surface area contributed by atoms with Gasteiger partial charge < -0.3 is 14.8 Å². The van der Waals surface area contributed by atoms with E-state index < -0.39 is 5.97 Å². The molecule has 0 saturated heterocycles. The highest BCUT2D eigenvalue weighted by Crippen LogP contribution is 2.06. The maximum absolute atomic E-state index is 11.5. The second-order valence-corrected chi connectivity index (χ2v) is 4.33. The predicted molar refractivity (Wildman–Crippen MR) is 66.1 cm³/mol. The Labute approximate surface area is 106 Å². The number of rotatable bonds is 8. The topological polar surface area (TPSA) is 79.5 Å². The van der Waals surface area contributed by atoms with Crippen molar-refractivity contribution in [1.82, 2.24) is 5.32 Å². The predicted octanol–water partition coefficient (Wildman–Crippen LogP) is 1.97. The van der Waals surface area contributed by atoms with Crippen LogP contribution in [0.3, 0.4) is 0 Å². The average Bonchev–Trinajstić information content (AvgIpc) is 2.78. The van der Waals surface area contributed by atoms with E-state index in [-0.39, 0.29) is 24.8 Å². The van der Waals surface area contributed by atoms with Gasteiger partial charge in [-0.1, -0.05) is 0 Å². The summed E-state index contributed by atoms with van der Waals surface area (Å²) in [5.41, 5.74) is 0. The Morgan fingerprint density at radius 3 is 2.83 bits per heavy atom. The van der Waals surface area contributed by atoms with Crippen LogP contribution in [0.1, 0.15) is 38.4 Å². The zero-order valence-electron chi connectivity index (χ0n) is 10.5. The molecule has 1 heterocycles. The molecule has 0 bridgehead atoms. The summed E-state index contributed by atoms with van der Waals surface area (Å²) in [5.74, 6) is -0.0566. The Hall–Kier alpha value is -1.78. The number of hydrogen-bond acceptors (Lipinski definition) is 3. The first-order chi connectivity index (χ1) is 8.58. The van der Waals surface area contributed by atoms with Crippen LogP contribution in [0.15, 0.2) is 22.8 Å². The third-order valence-electron chi connectivity index (χ3n) is 2.61. The van der Waals surface area contributed by atoms with Crippen molar-refractivity contribution >= 4 is 11.9 Å². The molecule has 0 spiro atoms. The lowest BCUT2D eigenvalue weighted by Crippen LogP contribution is -2.32. The fraction of sp³-hybridized carbons (Fsp3) is 0.538. The summed E-state index contributed by atoms with van der Waals surface area (Å²) >= 11 is 0. The normalized spacial score (nSPS) is 12.1. The summed E-state index contributed by atoms with van der Waals surface area (Å²) in [4.78, 5) is 21.8. The van der Waals surface area contributed by atoms with Crippen molar-refractivity contribution in [2.45, 2.75) is 45.1 Å². The van der Waals surface area contributed by atoms with Gasteiger partial charge in [0.15, 0.2) is 0 Å². The molecular weight excluding hydrogens is 234 g/mol. The van der Waals surface area contributed by atoms with Gasteiger partial charge in [0.25, 0.3) is 0 Å². The van der Waals surface area contributed by atoms with Gasteiger partial charge >= 0.3 is 5.97 Å². The summed E-state index contributed by atoms with van der Waals surface area (Å²) in [5, 5.41) is 11.3. The molecule has 1 atom stereocenters. The first-order valence-corrected chi connectivity index (χ1v) is 6.11. The van der Waals surface area contributed by atoms with Crippen molar-refractivity contribution in [2.24, 2.45) is 0 Å². The van der Waals surface area contributed by atoms with Crippen LogP contribution in [0.5, 0.6) is 0 Å². The molecule has 1 rings (SSSR count). The lowest BCUT2D eigenvalue weighted by molar-refractivity contribution is -0.137. The fourth-order valence-corrected chi connectivity index (χ4v) is 1.63. The zero-order chi connectivity index (χ0) is 13.4. The number of carbonyl (C=O) groups is 2. The van der Waals surface area contributed by atoms with E-state index in [1.165, 1.54) is 0 Å². The smallest absolute Gasteiger partial charge is 0.303 e. The highest BCUT2D eigenvalue weighted by Gasteiger charge is 2.09. The molecule has 5 heteroatoms. The molecule has 5 nitrogen and oxygen atoms in total. The van der Waals surface area contributed by atoms with Crippen LogP contribution in [0.2, 0.25) is 0 Å². The van der Waals surface area contributed by atoms with Crippen LogP contribution >= 0.6 is 0 Å². The minimum atomic E-state index is -0.867. The molecular formula is C13H19NO4. The van der Waals surface area contributed by atoms with E-state index in [1.807, 2.05) is 19.1 Å². The number of aryl methyl sites for hydroxylation is 1. The summed E-state index contributed by atoms with van der Waals surface area (Å²) in [7, 11) is 0. The van der Waals surface area contributed by atoms with E-state index in [1.54, 1.807) is 6.26 Å². The van der Waals surface area contributed by atoms with Crippen molar-refractivity contribution in [3.8, 4) is 0 Å². The average molecular weight is 253 g/mol. The van der Waals surface area contributed by atoms with Crippen molar-refractivity contribution in [3.63, 3.8) is 0 Å². The van der Waals surface area contributed by atoms with Gasteiger partial charge in [-0.25, -0.2) is 0 Å². The molecule has 2 N–H and O–H groups in total. The van der Waals surface area contributed by atoms with E-state index in [2.05, 4.69) is 5.32 Å². The molecule has 100 valence electrons. The molecule has 18 heavy (non-hydrogen) atoms. The number of hydrogen-bond donors (Lipinski definition) is 2. The summed E-state index contributed by atoms with van der Waals surface area (Å²) in [6.07, 6.45) is 3.89. The maximum atomic E-state index is 11.5. The third kappa shape index (κ3) is 6.08. The van der Waals surface area contributed by atoms with E-state index in [9.17, 15) is 9.59 Å². The highest BCUT2D eigenvalue weighted by atomic mass is 16.4. The van der Waals surface area contributed by atoms with E-state index >= 15 is 0 Å². The zero-order valence-corrected chi connectivity index (χ0v) is 10.5. The lowest BCUT2D eigenvalue weighted by atomic mass is 10.1. The Morgan fingerprint density at radius 1 is 1.44 bits per heavy atom. The number of nitrogens with one attached hydrogen (secondary N) is 1. The molecule has 1 amide bonds. The lowest BCUT2D eigenvalue weighted by Gasteiger charge is -2.12. The van der Waals surface area contributed by atoms with Gasteiger partial charge in [0, 0.05) is 25.3 Å². The molecule has 0 aromatic carbocycles. The monoisotopic (exact) mass is 253 g/mol. The van der Waals surface area contributed by atoms with Gasteiger partial charge in [-0.2, -0.15) is 0 Å². The number of carbonyl (C=O) groups excluding carboxylic acids is 1. The molecule has 1 unspecified atom stereocenters. The van der Waals surface area contributed by atoms with Gasteiger partial charge in [0.2, 0.25) is 5.91 Å². The number of carboxylic acids is 1. The van der Waals surface area contributed by atoms with E-state index in [0.29, 0.717) is 6.42 Å². The first kappa shape index (κ1) is 14.3. The van der Waals surface area contributed by atoms with Crippen molar-refractivity contribution < 1.29 is 19.1 Å². The molecule has 1 aromatic rings. The van der Waals surface area contributed by atoms with Crippen LogP contribution in [0.25, 0.3) is 0 Å². The number of carboxylic acid groups (broad SMARTS) is 1. The van der Waals surface area contributed by atoms with Gasteiger partial charge in [-0.15, -0.1) is 0 Å². The largest absolute Gasteiger partial charge is 0.481 e. The highest BCUT2D eigenvalue weighted by molar-refractivity contribution is 5.77. The number of furan rings is 1. The Kier molecular flexibility index (Phi) is 5.97. The molecule has 0 aliphatic heterocycles. The summed E-state index contributed by atoms with van der Waals surface area (Å²) in [6.45, 7) is 1.93. The van der Waals surface area contributed by atoms with Gasteiger partial charge in [-0.05, 0) is 31.9 Å². The van der Waals surface area contributed by atoms with Crippen molar-refractivity contribution in [2.75, 3.05) is 0 Å². The van der Waals surface area contributed by atoms with Crippen molar-refractivity contribution in [3.05, 3.63) is 24.2 Å². The fourth-order valence-electron chi connectivity index (χ4n) is 1.63. The van der Waals surface area contributed by atoms with Crippen molar-refractivity contribution in [1.29, 1.82) is 0 Å². The molecule has 0 radical (unpaired) electrons. The molecule has 0 saturated carbocycles. The molecule has 0 aliphatic rings. The van der Waals surface area contributed by atoms with Crippen LogP contribution < -0.4 is 5.32 Å². The number of amides is 1. The second kappa shape index (κ2) is 7.53.